The largest absolute Gasteiger partial charge is 0.472 e. The Hall–Kier alpha value is -1.70. The van der Waals surface area contributed by atoms with Gasteiger partial charge in [-0.25, -0.2) is 9.13 Å². The van der Waals surface area contributed by atoms with Crippen LogP contribution in [0.1, 0.15) is 194 Å². The van der Waals surface area contributed by atoms with E-state index in [2.05, 4.69) is 42.0 Å². The Morgan fingerprint density at radius 1 is 0.565 bits per heavy atom. The van der Waals surface area contributed by atoms with E-state index in [1.807, 2.05) is 12.2 Å². The SMILES string of the molecule is CCCCCCCC/C=C/C/C=C/C=C/C(O)CCCC(=O)O[C@H](COC(=O)CCCCCCCCCCCCCCCCC(C)C)COP(=O)(O)OC[C@@H](O)COP(=O)(O)O. The van der Waals surface area contributed by atoms with Crippen molar-refractivity contribution >= 4 is 27.6 Å². The van der Waals surface area contributed by atoms with Crippen LogP contribution in [0.3, 0.4) is 0 Å². The molecule has 2 unspecified atom stereocenters. The van der Waals surface area contributed by atoms with E-state index in [-0.39, 0.29) is 25.7 Å². The number of aliphatic hydroxyl groups excluding tert-OH is 2. The average molecular weight is 925 g/mol. The summed E-state index contributed by atoms with van der Waals surface area (Å²) in [5, 5.41) is 20.1. The lowest BCUT2D eigenvalue weighted by Gasteiger charge is -2.20. The second-order valence-corrected chi connectivity index (χ2v) is 19.4. The fourth-order valence-corrected chi connectivity index (χ4v) is 7.58. The maximum Gasteiger partial charge on any atom is 0.472 e. The highest BCUT2D eigenvalue weighted by Crippen LogP contribution is 2.43. The van der Waals surface area contributed by atoms with Crippen LogP contribution in [0.15, 0.2) is 36.5 Å². The van der Waals surface area contributed by atoms with Gasteiger partial charge in [0.2, 0.25) is 0 Å². The first-order valence-corrected chi connectivity index (χ1v) is 26.7. The number of unbranched alkanes of at least 4 members (excludes halogenated alkanes) is 19. The zero-order chi connectivity index (χ0) is 46.2. The molecule has 0 aliphatic heterocycles. The lowest BCUT2D eigenvalue weighted by Crippen LogP contribution is -2.30. The molecule has 0 aromatic heterocycles. The molecule has 0 rings (SSSR count). The van der Waals surface area contributed by atoms with Gasteiger partial charge in [0, 0.05) is 12.8 Å². The van der Waals surface area contributed by atoms with Crippen molar-refractivity contribution in [2.24, 2.45) is 5.92 Å². The van der Waals surface area contributed by atoms with E-state index < -0.39 is 72.3 Å². The summed E-state index contributed by atoms with van der Waals surface area (Å²) in [5.41, 5.74) is 0. The number of phosphoric acid groups is 2. The first-order chi connectivity index (χ1) is 29.6. The summed E-state index contributed by atoms with van der Waals surface area (Å²) < 4.78 is 47.7. The molecule has 0 heterocycles. The molecule has 14 nitrogen and oxygen atoms in total. The van der Waals surface area contributed by atoms with Crippen LogP contribution >= 0.6 is 15.6 Å². The maximum absolute atomic E-state index is 12.7. The number of allylic oxidation sites excluding steroid dienone is 5. The van der Waals surface area contributed by atoms with Crippen molar-refractivity contribution in [1.29, 1.82) is 0 Å². The highest BCUT2D eigenvalue weighted by Gasteiger charge is 2.28. The highest BCUT2D eigenvalue weighted by atomic mass is 31.2. The van der Waals surface area contributed by atoms with Gasteiger partial charge < -0.3 is 34.4 Å². The topological polar surface area (TPSA) is 216 Å². The van der Waals surface area contributed by atoms with Crippen LogP contribution in [0.25, 0.3) is 0 Å². The number of hydrogen-bond acceptors (Lipinski definition) is 11. The van der Waals surface area contributed by atoms with Gasteiger partial charge in [-0.2, -0.15) is 0 Å². The number of phosphoric ester groups is 2. The van der Waals surface area contributed by atoms with E-state index >= 15 is 0 Å². The van der Waals surface area contributed by atoms with Crippen molar-refractivity contribution in [2.75, 3.05) is 26.4 Å². The first-order valence-electron chi connectivity index (χ1n) is 23.6. The van der Waals surface area contributed by atoms with Gasteiger partial charge in [-0.05, 0) is 44.4 Å². The van der Waals surface area contributed by atoms with Crippen LogP contribution in [-0.4, -0.2) is 81.6 Å². The normalized spacial score (nSPS) is 14.9. The van der Waals surface area contributed by atoms with Crippen LogP contribution in [0, 0.1) is 5.92 Å². The van der Waals surface area contributed by atoms with Gasteiger partial charge in [-0.3, -0.25) is 23.2 Å². The third kappa shape index (κ3) is 44.9. The molecule has 0 aliphatic rings. The number of ether oxygens (including phenoxy) is 2. The predicted octanol–water partition coefficient (Wildman–Crippen LogP) is 11.3. The summed E-state index contributed by atoms with van der Waals surface area (Å²) >= 11 is 0. The van der Waals surface area contributed by atoms with Crippen LogP contribution < -0.4 is 0 Å². The maximum atomic E-state index is 12.7. The molecule has 0 aromatic carbocycles. The van der Waals surface area contributed by atoms with E-state index in [0.29, 0.717) is 6.42 Å². The number of aliphatic hydroxyl groups is 2. The van der Waals surface area contributed by atoms with Gasteiger partial charge >= 0.3 is 27.6 Å². The minimum Gasteiger partial charge on any atom is -0.462 e. The van der Waals surface area contributed by atoms with Crippen LogP contribution in [0.5, 0.6) is 0 Å². The van der Waals surface area contributed by atoms with Crippen molar-refractivity contribution in [1.82, 2.24) is 0 Å². The van der Waals surface area contributed by atoms with E-state index in [4.69, 9.17) is 23.8 Å². The van der Waals surface area contributed by atoms with Crippen LogP contribution in [0.2, 0.25) is 0 Å². The van der Waals surface area contributed by atoms with Gasteiger partial charge in [-0.1, -0.05) is 179 Å². The van der Waals surface area contributed by atoms with Gasteiger partial charge in [0.25, 0.3) is 0 Å². The Morgan fingerprint density at radius 2 is 1.10 bits per heavy atom. The lowest BCUT2D eigenvalue weighted by atomic mass is 10.0. The zero-order valence-corrected chi connectivity index (χ0v) is 40.3. The minimum absolute atomic E-state index is 0.0910. The molecule has 0 saturated carbocycles. The highest BCUT2D eigenvalue weighted by molar-refractivity contribution is 7.47. The molecule has 0 saturated heterocycles. The number of hydrogen-bond donors (Lipinski definition) is 5. The summed E-state index contributed by atoms with van der Waals surface area (Å²) in [4.78, 5) is 52.8. The molecule has 0 amide bonds. The van der Waals surface area contributed by atoms with Crippen LogP contribution in [0.4, 0.5) is 0 Å². The monoisotopic (exact) mass is 925 g/mol. The summed E-state index contributed by atoms with van der Waals surface area (Å²) in [6, 6.07) is 0. The molecule has 0 spiro atoms. The third-order valence-corrected chi connectivity index (χ3v) is 11.5. The zero-order valence-electron chi connectivity index (χ0n) is 38.5. The summed E-state index contributed by atoms with van der Waals surface area (Å²) in [5.74, 6) is -0.418. The van der Waals surface area contributed by atoms with Gasteiger partial charge in [0.1, 0.15) is 12.7 Å². The smallest absolute Gasteiger partial charge is 0.462 e. The Labute approximate surface area is 374 Å². The van der Waals surface area contributed by atoms with Crippen molar-refractivity contribution in [3.8, 4) is 0 Å². The average Bonchev–Trinajstić information content (AvgIpc) is 3.21. The standard InChI is InChI=1S/C46H86O14P2/c1-4-5-6-7-8-9-10-13-17-20-23-26-29-33-42(47)34-31-36-46(50)60-44(40-59-62(54,55)58-38-43(48)37-57-61(51,52)53)39-56-45(49)35-30-27-24-21-18-15-12-11-14-16-19-22-25-28-32-41(2)3/h13,17,23,26,29,33,41-44,47-48H,4-12,14-16,18-22,24-25,27-28,30-32,34-40H2,1-3H3,(H,54,55)(H2,51,52,53)/b17-13+,26-23+,33-29+/t42?,43-,44+/m0/s1. The van der Waals surface area contributed by atoms with Crippen molar-refractivity contribution < 1.29 is 66.7 Å². The van der Waals surface area contributed by atoms with Gasteiger partial charge in [0.15, 0.2) is 6.10 Å². The lowest BCUT2D eigenvalue weighted by molar-refractivity contribution is -0.161. The predicted molar refractivity (Wildman–Crippen MR) is 245 cm³/mol. The number of carbonyl (C=O) groups excluding carboxylic acids is 2. The molecular weight excluding hydrogens is 838 g/mol. The van der Waals surface area contributed by atoms with Gasteiger partial charge in [-0.15, -0.1) is 0 Å². The number of carbonyl (C=O) groups is 2. The van der Waals surface area contributed by atoms with Crippen molar-refractivity contribution in [3.05, 3.63) is 36.5 Å². The Morgan fingerprint density at radius 3 is 1.69 bits per heavy atom. The first kappa shape index (κ1) is 60.3. The van der Waals surface area contributed by atoms with E-state index in [0.717, 1.165) is 38.0 Å². The quantitative estimate of drug-likeness (QED) is 0.0126. The fraction of sp³-hybridized carbons (Fsp3) is 0.826. The Balaban J connectivity index is 4.63. The Kier molecular flexibility index (Phi) is 39.7. The molecule has 0 bridgehead atoms. The molecule has 0 radical (unpaired) electrons. The molecule has 0 fully saturated rings. The van der Waals surface area contributed by atoms with Crippen molar-refractivity contribution in [3.63, 3.8) is 0 Å². The molecule has 4 atom stereocenters. The second kappa shape index (κ2) is 40.8. The molecule has 0 aromatic rings. The third-order valence-electron chi connectivity index (χ3n) is 10.1. The summed E-state index contributed by atoms with van der Waals surface area (Å²) in [6.07, 6.45) is 36.0. The number of rotatable bonds is 44. The molecule has 364 valence electrons. The number of esters is 2. The van der Waals surface area contributed by atoms with E-state index in [9.17, 15) is 33.8 Å². The summed E-state index contributed by atoms with van der Waals surface area (Å²) in [7, 11) is -9.74. The van der Waals surface area contributed by atoms with Crippen LogP contribution in [-0.2, 0) is 41.8 Å². The Bertz CT molecular complexity index is 1270. The van der Waals surface area contributed by atoms with E-state index in [1.54, 1.807) is 12.2 Å². The molecule has 16 heteroatoms. The fourth-order valence-electron chi connectivity index (χ4n) is 6.42. The van der Waals surface area contributed by atoms with Crippen molar-refractivity contribution in [2.45, 2.75) is 212 Å². The molecular formula is C46H86O14P2. The van der Waals surface area contributed by atoms with Gasteiger partial charge in [0.05, 0.1) is 25.9 Å². The second-order valence-electron chi connectivity index (χ2n) is 16.7. The minimum atomic E-state index is -4.88. The molecule has 62 heavy (non-hydrogen) atoms. The molecule has 0 aliphatic carbocycles. The molecule has 5 N–H and O–H groups in total. The summed E-state index contributed by atoms with van der Waals surface area (Å²) in [6.45, 7) is 3.89. The van der Waals surface area contributed by atoms with E-state index in [1.165, 1.54) is 109 Å².